The first-order chi connectivity index (χ1) is 7.22. The third kappa shape index (κ3) is 3.08. The van der Waals surface area contributed by atoms with E-state index in [2.05, 4.69) is 23.7 Å². The average Bonchev–Trinajstić information content (AvgIpc) is 2.27. The molecule has 3 nitrogen and oxygen atoms in total. The van der Waals surface area contributed by atoms with Crippen LogP contribution in [0.15, 0.2) is 12.3 Å². The van der Waals surface area contributed by atoms with Gasteiger partial charge in [0.2, 0.25) is 0 Å². The van der Waals surface area contributed by atoms with Gasteiger partial charge in [0.1, 0.15) is 5.82 Å². The van der Waals surface area contributed by atoms with Gasteiger partial charge in [0.05, 0.1) is 11.6 Å². The van der Waals surface area contributed by atoms with E-state index in [1.165, 1.54) is 0 Å². The molecule has 1 N–H and O–H groups in total. The molecule has 84 valence electrons. The van der Waals surface area contributed by atoms with E-state index in [0.717, 1.165) is 30.9 Å². The molecule has 0 saturated carbocycles. The van der Waals surface area contributed by atoms with Crippen LogP contribution in [0.1, 0.15) is 25.8 Å². The average molecular weight is 229 g/mol. The summed E-state index contributed by atoms with van der Waals surface area (Å²) in [5.74, 6) is 0.882. The van der Waals surface area contributed by atoms with Gasteiger partial charge in [-0.1, -0.05) is 18.5 Å². The van der Waals surface area contributed by atoms with Crippen molar-refractivity contribution in [3.8, 4) is 0 Å². The van der Waals surface area contributed by atoms with Crippen LogP contribution in [-0.2, 0) is 6.61 Å². The molecule has 1 rings (SSSR count). The third-order valence-electron chi connectivity index (χ3n) is 2.29. The van der Waals surface area contributed by atoms with E-state index in [-0.39, 0.29) is 6.61 Å². The molecule has 1 aromatic heterocycles. The van der Waals surface area contributed by atoms with Gasteiger partial charge in [-0.2, -0.15) is 0 Å². The van der Waals surface area contributed by atoms with Gasteiger partial charge in [-0.15, -0.1) is 0 Å². The van der Waals surface area contributed by atoms with Crippen molar-refractivity contribution >= 4 is 17.4 Å². The van der Waals surface area contributed by atoms with E-state index in [4.69, 9.17) is 16.7 Å². The molecule has 0 radical (unpaired) electrons. The Kier molecular flexibility index (Phi) is 4.85. The third-order valence-corrected chi connectivity index (χ3v) is 2.63. The zero-order chi connectivity index (χ0) is 11.3. The van der Waals surface area contributed by atoms with Crippen molar-refractivity contribution in [2.45, 2.75) is 26.9 Å². The fraction of sp³-hybridized carbons (Fsp3) is 0.545. The normalized spacial score (nSPS) is 10.4. The van der Waals surface area contributed by atoms with Gasteiger partial charge in [0.15, 0.2) is 0 Å². The van der Waals surface area contributed by atoms with Crippen LogP contribution in [-0.4, -0.2) is 23.2 Å². The van der Waals surface area contributed by atoms with Gasteiger partial charge in [0.25, 0.3) is 0 Å². The van der Waals surface area contributed by atoms with Crippen molar-refractivity contribution in [3.05, 3.63) is 22.8 Å². The molecule has 0 bridgehead atoms. The summed E-state index contributed by atoms with van der Waals surface area (Å²) in [5.41, 5.74) is 0.733. The highest BCUT2D eigenvalue weighted by Gasteiger charge is 2.07. The molecule has 0 atom stereocenters. The first-order valence-corrected chi connectivity index (χ1v) is 5.60. The number of aliphatic hydroxyl groups excluding tert-OH is 1. The zero-order valence-electron chi connectivity index (χ0n) is 9.20. The number of hydrogen-bond acceptors (Lipinski definition) is 3. The standard InChI is InChI=1S/C11H17ClN2O/c1-3-5-14(4-2)11-6-9(8-15)10(12)7-13-11/h6-7,15H,3-5,8H2,1-2H3. The summed E-state index contributed by atoms with van der Waals surface area (Å²) in [7, 11) is 0. The Bertz CT molecular complexity index is 317. The molecule has 0 aliphatic carbocycles. The molecule has 0 unspecified atom stereocenters. The number of halogens is 1. The Balaban J connectivity index is 2.92. The number of nitrogens with zero attached hydrogens (tertiary/aromatic N) is 2. The Morgan fingerprint density at radius 3 is 2.73 bits per heavy atom. The highest BCUT2D eigenvalue weighted by molar-refractivity contribution is 6.31. The van der Waals surface area contributed by atoms with Crippen molar-refractivity contribution in [1.29, 1.82) is 0 Å². The first kappa shape index (κ1) is 12.3. The molecule has 0 aromatic carbocycles. The summed E-state index contributed by atoms with van der Waals surface area (Å²) < 4.78 is 0. The minimum Gasteiger partial charge on any atom is -0.392 e. The minimum atomic E-state index is -0.0436. The second-order valence-corrected chi connectivity index (χ2v) is 3.78. The van der Waals surface area contributed by atoms with E-state index in [1.807, 2.05) is 6.07 Å². The van der Waals surface area contributed by atoms with Crippen molar-refractivity contribution in [2.75, 3.05) is 18.0 Å². The van der Waals surface area contributed by atoms with Gasteiger partial charge in [-0.25, -0.2) is 4.98 Å². The van der Waals surface area contributed by atoms with Gasteiger partial charge < -0.3 is 10.0 Å². The lowest BCUT2D eigenvalue weighted by atomic mass is 10.2. The van der Waals surface area contributed by atoms with E-state index >= 15 is 0 Å². The molecule has 0 aliphatic heterocycles. The molecule has 15 heavy (non-hydrogen) atoms. The molecule has 0 aliphatic rings. The molecule has 0 spiro atoms. The Labute approximate surface area is 95.7 Å². The van der Waals surface area contributed by atoms with E-state index < -0.39 is 0 Å². The molecule has 4 heteroatoms. The maximum atomic E-state index is 9.10. The van der Waals surface area contributed by atoms with E-state index in [0.29, 0.717) is 5.02 Å². The lowest BCUT2D eigenvalue weighted by molar-refractivity contribution is 0.282. The van der Waals surface area contributed by atoms with Crippen LogP contribution in [0.2, 0.25) is 5.02 Å². The Morgan fingerprint density at radius 1 is 1.47 bits per heavy atom. The smallest absolute Gasteiger partial charge is 0.128 e. The fourth-order valence-corrected chi connectivity index (χ4v) is 1.63. The number of anilines is 1. The molecular weight excluding hydrogens is 212 g/mol. The Morgan fingerprint density at radius 2 is 2.20 bits per heavy atom. The van der Waals surface area contributed by atoms with Crippen LogP contribution in [0.5, 0.6) is 0 Å². The maximum Gasteiger partial charge on any atom is 0.128 e. The monoisotopic (exact) mass is 228 g/mol. The van der Waals surface area contributed by atoms with E-state index in [9.17, 15) is 0 Å². The predicted molar refractivity (Wildman–Crippen MR) is 63.3 cm³/mol. The van der Waals surface area contributed by atoms with Crippen LogP contribution in [0.4, 0.5) is 5.82 Å². The van der Waals surface area contributed by atoms with Crippen LogP contribution in [0.25, 0.3) is 0 Å². The molecular formula is C11H17ClN2O. The lowest BCUT2D eigenvalue weighted by Crippen LogP contribution is -2.24. The second kappa shape index (κ2) is 5.93. The molecule has 0 fully saturated rings. The van der Waals surface area contributed by atoms with Crippen molar-refractivity contribution in [3.63, 3.8) is 0 Å². The molecule has 0 saturated heterocycles. The van der Waals surface area contributed by atoms with Gasteiger partial charge in [-0.05, 0) is 19.4 Å². The van der Waals surface area contributed by atoms with Crippen molar-refractivity contribution < 1.29 is 5.11 Å². The summed E-state index contributed by atoms with van der Waals surface area (Å²) in [5, 5.41) is 9.62. The van der Waals surface area contributed by atoms with Crippen molar-refractivity contribution in [2.24, 2.45) is 0 Å². The number of hydrogen-bond donors (Lipinski definition) is 1. The topological polar surface area (TPSA) is 36.4 Å². The van der Waals surface area contributed by atoms with Crippen molar-refractivity contribution in [1.82, 2.24) is 4.98 Å². The van der Waals surface area contributed by atoms with Crippen LogP contribution in [0.3, 0.4) is 0 Å². The number of pyridine rings is 1. The summed E-state index contributed by atoms with van der Waals surface area (Å²) in [6.45, 7) is 6.05. The van der Waals surface area contributed by atoms with Crippen LogP contribution < -0.4 is 4.90 Å². The minimum absolute atomic E-state index is 0.0436. The highest BCUT2D eigenvalue weighted by Crippen LogP contribution is 2.20. The maximum absolute atomic E-state index is 9.10. The SMILES string of the molecule is CCCN(CC)c1cc(CO)c(Cl)cn1. The highest BCUT2D eigenvalue weighted by atomic mass is 35.5. The largest absolute Gasteiger partial charge is 0.392 e. The number of rotatable bonds is 5. The molecule has 1 aromatic rings. The molecule has 0 amide bonds. The quantitative estimate of drug-likeness (QED) is 0.841. The molecule has 1 heterocycles. The summed E-state index contributed by atoms with van der Waals surface area (Å²) >= 11 is 5.88. The summed E-state index contributed by atoms with van der Waals surface area (Å²) in [4.78, 5) is 6.42. The number of aromatic nitrogens is 1. The lowest BCUT2D eigenvalue weighted by Gasteiger charge is -2.21. The van der Waals surface area contributed by atoms with Gasteiger partial charge in [-0.3, -0.25) is 0 Å². The van der Waals surface area contributed by atoms with Gasteiger partial charge in [0, 0.05) is 24.8 Å². The van der Waals surface area contributed by atoms with Crippen LogP contribution in [0, 0.1) is 0 Å². The fourth-order valence-electron chi connectivity index (χ4n) is 1.47. The zero-order valence-corrected chi connectivity index (χ0v) is 9.96. The Hall–Kier alpha value is -0.800. The van der Waals surface area contributed by atoms with Crippen LogP contribution >= 0.6 is 11.6 Å². The predicted octanol–water partition coefficient (Wildman–Crippen LogP) is 2.46. The summed E-state index contributed by atoms with van der Waals surface area (Å²) in [6, 6.07) is 1.85. The summed E-state index contributed by atoms with van der Waals surface area (Å²) in [6.07, 6.45) is 2.67. The second-order valence-electron chi connectivity index (χ2n) is 3.37. The van der Waals surface area contributed by atoms with E-state index in [1.54, 1.807) is 6.20 Å². The first-order valence-electron chi connectivity index (χ1n) is 5.23. The van der Waals surface area contributed by atoms with Gasteiger partial charge >= 0.3 is 0 Å². The number of aliphatic hydroxyl groups is 1.